The molecule has 8 heteroatoms. The molecule has 1 aliphatic heterocycles. The Balaban J connectivity index is 0.000000497. The number of ether oxygens (including phenoxy) is 1. The van der Waals surface area contributed by atoms with Gasteiger partial charge in [-0.15, -0.1) is 0 Å². The minimum atomic E-state index is -0.769. The molecular formula is C25H37LiN4O3-2. The summed E-state index contributed by atoms with van der Waals surface area (Å²) in [5, 5.41) is 11.5. The van der Waals surface area contributed by atoms with Crippen LogP contribution in [0.3, 0.4) is 0 Å². The largest absolute Gasteiger partial charge is 1.00 e. The van der Waals surface area contributed by atoms with Crippen LogP contribution in [0, 0.1) is 33.6 Å². The van der Waals surface area contributed by atoms with Crippen LogP contribution in [0.25, 0.3) is 0 Å². The maximum Gasteiger partial charge on any atom is 1.00 e. The molecule has 33 heavy (non-hydrogen) atoms. The van der Waals surface area contributed by atoms with Crippen LogP contribution in [0.2, 0.25) is 0 Å². The number of anilines is 1. The van der Waals surface area contributed by atoms with Crippen molar-refractivity contribution in [3.05, 3.63) is 62.2 Å². The van der Waals surface area contributed by atoms with Gasteiger partial charge in [0.2, 0.25) is 5.88 Å². The van der Waals surface area contributed by atoms with Crippen LogP contribution in [-0.4, -0.2) is 39.2 Å². The van der Waals surface area contributed by atoms with Crippen molar-refractivity contribution in [3.63, 3.8) is 0 Å². The molecule has 0 bridgehead atoms. The fourth-order valence-corrected chi connectivity index (χ4v) is 2.67. The predicted octanol–water partition coefficient (Wildman–Crippen LogP) is 1.92. The monoisotopic (exact) mass is 448 g/mol. The number of aliphatic carboxylic acids is 1. The summed E-state index contributed by atoms with van der Waals surface area (Å²) >= 11 is 0. The fourth-order valence-electron chi connectivity index (χ4n) is 2.67. The number of hydrogen-bond acceptors (Lipinski definition) is 6. The number of carboxylic acid groups (broad SMARTS) is 1. The number of carboxylic acids is 1. The van der Waals surface area contributed by atoms with Gasteiger partial charge in [0, 0.05) is 18.2 Å². The average molecular weight is 449 g/mol. The van der Waals surface area contributed by atoms with Crippen molar-refractivity contribution in [3.8, 4) is 5.88 Å². The van der Waals surface area contributed by atoms with Gasteiger partial charge in [-0.25, -0.2) is 9.97 Å². The molecule has 0 aliphatic carbocycles. The van der Waals surface area contributed by atoms with Gasteiger partial charge >= 0.3 is 24.8 Å². The Kier molecular flexibility index (Phi) is 17.2. The second kappa shape index (κ2) is 18.3. The molecule has 0 radical (unpaired) electrons. The first-order valence-corrected chi connectivity index (χ1v) is 11.2. The van der Waals surface area contributed by atoms with Crippen molar-refractivity contribution in [2.45, 2.75) is 58.8 Å². The molecule has 3 heterocycles. The van der Waals surface area contributed by atoms with Gasteiger partial charge in [-0.2, -0.15) is 12.8 Å². The third-order valence-corrected chi connectivity index (χ3v) is 4.75. The summed E-state index contributed by atoms with van der Waals surface area (Å²) in [5.41, 5.74) is 3.48. The van der Waals surface area contributed by atoms with Crippen LogP contribution >= 0.6 is 0 Å². The molecule has 2 aromatic heterocycles. The smallest absolute Gasteiger partial charge is 0.510 e. The Hall–Kier alpha value is -2.10. The molecule has 0 fully saturated rings. The van der Waals surface area contributed by atoms with Crippen LogP contribution in [-0.2, 0) is 17.6 Å². The number of rotatable bonds is 8. The molecule has 2 N–H and O–H groups in total. The van der Waals surface area contributed by atoms with Gasteiger partial charge in [0.15, 0.2) is 0 Å². The molecule has 178 valence electrons. The molecule has 7 nitrogen and oxygen atoms in total. The van der Waals surface area contributed by atoms with E-state index >= 15 is 0 Å². The predicted molar refractivity (Wildman–Crippen MR) is 128 cm³/mol. The fraction of sp³-hybridized carbons (Fsp3) is 0.480. The summed E-state index contributed by atoms with van der Waals surface area (Å²) in [7, 11) is 0. The second-order valence-corrected chi connectivity index (χ2v) is 7.52. The topological polar surface area (TPSA) is 97.2 Å². The Morgan fingerprint density at radius 3 is 2.52 bits per heavy atom. The molecule has 1 aliphatic rings. The number of nitrogens with zero attached hydrogens (tertiary/aromatic N) is 3. The SMILES string of the molecule is [CH2-]CCCCc1ccc2c(n1)NCCC2.[CH2-]COc1cnc(C)cn1.[CH2-]C[C@H](C)C(=O)O.[Li+]. The minimum absolute atomic E-state index is 0. The second-order valence-electron chi connectivity index (χ2n) is 7.52. The van der Waals surface area contributed by atoms with Crippen molar-refractivity contribution in [1.29, 1.82) is 0 Å². The zero-order chi connectivity index (χ0) is 23.8. The van der Waals surface area contributed by atoms with E-state index in [0.29, 0.717) is 18.9 Å². The number of fused-ring (bicyclic) bond motifs is 1. The van der Waals surface area contributed by atoms with E-state index in [4.69, 9.17) is 9.84 Å². The summed E-state index contributed by atoms with van der Waals surface area (Å²) in [6.45, 7) is 15.8. The van der Waals surface area contributed by atoms with Gasteiger partial charge in [0.05, 0.1) is 18.1 Å². The Bertz CT molecular complexity index is 788. The number of unbranched alkanes of at least 4 members (excludes halogenated alkanes) is 2. The molecule has 0 saturated carbocycles. The zero-order valence-corrected chi connectivity index (χ0v) is 20.5. The first kappa shape index (κ1) is 30.9. The molecule has 0 amide bonds. The van der Waals surface area contributed by atoms with Crippen LogP contribution < -0.4 is 28.9 Å². The van der Waals surface area contributed by atoms with Crippen LogP contribution in [0.15, 0.2) is 24.5 Å². The number of pyridine rings is 1. The molecule has 1 atom stereocenters. The van der Waals surface area contributed by atoms with E-state index in [9.17, 15) is 4.79 Å². The van der Waals surface area contributed by atoms with Gasteiger partial charge in [0.1, 0.15) is 5.82 Å². The minimum Gasteiger partial charge on any atom is -0.510 e. The van der Waals surface area contributed by atoms with E-state index in [1.54, 1.807) is 19.3 Å². The Morgan fingerprint density at radius 2 is 1.97 bits per heavy atom. The van der Waals surface area contributed by atoms with E-state index in [1.165, 1.54) is 36.9 Å². The third kappa shape index (κ3) is 13.3. The summed E-state index contributed by atoms with van der Waals surface area (Å²) in [6, 6.07) is 4.41. The van der Waals surface area contributed by atoms with Crippen molar-refractivity contribution < 1.29 is 33.5 Å². The van der Waals surface area contributed by atoms with Gasteiger partial charge in [-0.1, -0.05) is 25.8 Å². The summed E-state index contributed by atoms with van der Waals surface area (Å²) < 4.78 is 4.98. The molecule has 0 saturated heterocycles. The molecular weight excluding hydrogens is 411 g/mol. The summed E-state index contributed by atoms with van der Waals surface area (Å²) in [6.07, 6.45) is 10.6. The molecule has 0 aromatic carbocycles. The average Bonchev–Trinajstić information content (AvgIpc) is 2.81. The van der Waals surface area contributed by atoms with Crippen molar-refractivity contribution in [2.24, 2.45) is 5.92 Å². The number of nitrogens with one attached hydrogen (secondary N) is 1. The quantitative estimate of drug-likeness (QED) is 0.362. The molecule has 0 spiro atoms. The van der Waals surface area contributed by atoms with Crippen molar-refractivity contribution in [1.82, 2.24) is 15.0 Å². The maximum atomic E-state index is 9.89. The van der Waals surface area contributed by atoms with Gasteiger partial charge in [-0.05, 0) is 44.4 Å². The van der Waals surface area contributed by atoms with E-state index < -0.39 is 5.97 Å². The maximum absolute atomic E-state index is 9.89. The van der Waals surface area contributed by atoms with Gasteiger partial charge in [0.25, 0.3) is 0 Å². The summed E-state index contributed by atoms with van der Waals surface area (Å²) in [5.74, 6) is 0.587. The number of aromatic nitrogens is 3. The first-order valence-electron chi connectivity index (χ1n) is 11.2. The number of carbonyl (C=O) groups is 1. The zero-order valence-electron chi connectivity index (χ0n) is 20.5. The van der Waals surface area contributed by atoms with Crippen LogP contribution in [0.5, 0.6) is 5.88 Å². The first-order chi connectivity index (χ1) is 15.4. The van der Waals surface area contributed by atoms with Crippen molar-refractivity contribution >= 4 is 11.8 Å². The normalized spacial score (nSPS) is 12.3. The number of aryl methyl sites for hydroxylation is 3. The van der Waals surface area contributed by atoms with E-state index in [0.717, 1.165) is 30.9 Å². The van der Waals surface area contributed by atoms with E-state index in [1.807, 2.05) is 6.92 Å². The van der Waals surface area contributed by atoms with Gasteiger partial charge < -0.3 is 35.9 Å². The molecule has 3 rings (SSSR count). The third-order valence-electron chi connectivity index (χ3n) is 4.75. The van der Waals surface area contributed by atoms with E-state index in [2.05, 4.69) is 53.2 Å². The van der Waals surface area contributed by atoms with E-state index in [-0.39, 0.29) is 24.8 Å². The Morgan fingerprint density at radius 1 is 1.21 bits per heavy atom. The standard InChI is InChI=1S/C13H19N2.C7H9N2O.C5H9O2.Li/c1-2-3-4-7-12-9-8-11-6-5-10-14-13(11)15-12;1-3-10-7-5-8-6(2)4-9-7;1-3-4(2)5(6)7;/h8-9H,1-7,10H2,(H,14,15);4-5H,1,3H2,2H3;4H,1,3H2,2H3,(H,6,7);/q3*-1;+1/t;;4-;/m..0./s1. The van der Waals surface area contributed by atoms with Crippen LogP contribution in [0.1, 0.15) is 56.0 Å². The van der Waals surface area contributed by atoms with Crippen molar-refractivity contribution in [2.75, 3.05) is 18.5 Å². The molecule has 0 unspecified atom stereocenters. The Labute approximate surface area is 211 Å². The molecule has 2 aromatic rings. The number of hydrogen-bond donors (Lipinski definition) is 2. The van der Waals surface area contributed by atoms with Gasteiger partial charge in [-0.3, -0.25) is 9.78 Å². The summed E-state index contributed by atoms with van der Waals surface area (Å²) in [4.78, 5) is 22.5. The van der Waals surface area contributed by atoms with Crippen LogP contribution in [0.4, 0.5) is 5.82 Å².